The minimum atomic E-state index is -4.41. The summed E-state index contributed by atoms with van der Waals surface area (Å²) in [6.07, 6.45) is 2.42. The number of carbonyl (C=O) groups excluding carboxylic acids is 1. The van der Waals surface area contributed by atoms with Crippen LogP contribution in [-0.2, 0) is 12.7 Å². The predicted octanol–water partition coefficient (Wildman–Crippen LogP) is 4.56. The molecule has 1 amide bonds. The number of nitrogens with one attached hydrogen (secondary N) is 1. The van der Waals surface area contributed by atoms with Crippen molar-refractivity contribution in [2.75, 3.05) is 13.1 Å². The Hall–Kier alpha value is -3.26. The first-order valence-corrected chi connectivity index (χ1v) is 10.4. The fourth-order valence-corrected chi connectivity index (χ4v) is 3.91. The van der Waals surface area contributed by atoms with E-state index in [1.54, 1.807) is 12.4 Å². The number of amides is 1. The molecule has 32 heavy (non-hydrogen) atoms. The monoisotopic (exact) mass is 440 g/mol. The fourth-order valence-electron chi connectivity index (χ4n) is 3.91. The van der Waals surface area contributed by atoms with E-state index in [4.69, 9.17) is 0 Å². The number of rotatable bonds is 5. The maximum Gasteiger partial charge on any atom is 0.416 e. The lowest BCUT2D eigenvalue weighted by Gasteiger charge is -2.33. The normalized spacial score (nSPS) is 17.2. The van der Waals surface area contributed by atoms with Crippen LogP contribution in [0.1, 0.15) is 34.3 Å². The third-order valence-corrected chi connectivity index (χ3v) is 5.57. The van der Waals surface area contributed by atoms with E-state index in [0.717, 1.165) is 49.2 Å². The number of likely N-dealkylation sites (tertiary alicyclic amines) is 1. The summed E-state index contributed by atoms with van der Waals surface area (Å²) < 4.78 is 38.1. The van der Waals surface area contributed by atoms with Gasteiger partial charge in [0.2, 0.25) is 0 Å². The summed E-state index contributed by atoms with van der Waals surface area (Å²) in [5.41, 5.74) is 2.65. The van der Waals surface area contributed by atoms with E-state index in [9.17, 15) is 18.0 Å². The molecule has 2 heterocycles. The third kappa shape index (κ3) is 5.50. The molecule has 4 rings (SSSR count). The van der Waals surface area contributed by atoms with Crippen LogP contribution >= 0.6 is 0 Å². The average molecular weight is 440 g/mol. The van der Waals surface area contributed by atoms with Gasteiger partial charge in [-0.25, -0.2) is 9.97 Å². The SMILES string of the molecule is O=C(NC1CCCN(Cc2ccc(-c3cncnc3)cc2)C1)c1ccc(C(F)(F)F)cc1. The van der Waals surface area contributed by atoms with Gasteiger partial charge in [-0.05, 0) is 54.8 Å². The molecular weight excluding hydrogens is 417 g/mol. The Morgan fingerprint density at radius 1 is 1.00 bits per heavy atom. The smallest absolute Gasteiger partial charge is 0.348 e. The van der Waals surface area contributed by atoms with Gasteiger partial charge in [-0.3, -0.25) is 9.69 Å². The number of hydrogen-bond donors (Lipinski definition) is 1. The zero-order chi connectivity index (χ0) is 22.6. The first-order chi connectivity index (χ1) is 15.4. The Kier molecular flexibility index (Phi) is 6.50. The molecule has 1 N–H and O–H groups in total. The van der Waals surface area contributed by atoms with Gasteiger partial charge in [0, 0.05) is 42.7 Å². The molecule has 166 valence electrons. The molecule has 1 aliphatic heterocycles. The molecule has 5 nitrogen and oxygen atoms in total. The van der Waals surface area contributed by atoms with Crippen molar-refractivity contribution in [1.29, 1.82) is 0 Å². The van der Waals surface area contributed by atoms with Crippen LogP contribution in [-0.4, -0.2) is 39.9 Å². The molecule has 8 heteroatoms. The van der Waals surface area contributed by atoms with Crippen molar-refractivity contribution in [3.05, 3.63) is 83.9 Å². The van der Waals surface area contributed by atoms with Gasteiger partial charge >= 0.3 is 6.18 Å². The molecule has 3 aromatic rings. The lowest BCUT2D eigenvalue weighted by Crippen LogP contribution is -2.47. The highest BCUT2D eigenvalue weighted by atomic mass is 19.4. The van der Waals surface area contributed by atoms with Crippen LogP contribution in [0.15, 0.2) is 67.3 Å². The molecular formula is C24H23F3N4O. The van der Waals surface area contributed by atoms with Crippen molar-refractivity contribution in [2.45, 2.75) is 31.6 Å². The summed E-state index contributed by atoms with van der Waals surface area (Å²) in [6.45, 7) is 2.39. The number of halogens is 3. The van der Waals surface area contributed by atoms with E-state index in [-0.39, 0.29) is 17.5 Å². The number of carbonyl (C=O) groups is 1. The quantitative estimate of drug-likeness (QED) is 0.632. The summed E-state index contributed by atoms with van der Waals surface area (Å²) in [6, 6.07) is 12.5. The standard InChI is InChI=1S/C24H23F3N4O/c25-24(26,27)21-9-7-19(8-10-21)23(32)30-22-2-1-11-31(15-22)14-17-3-5-18(6-4-17)20-12-28-16-29-13-20/h3-10,12-13,16,22H,1-2,11,14-15H2,(H,30,32). The predicted molar refractivity (Wildman–Crippen MR) is 115 cm³/mol. The van der Waals surface area contributed by atoms with E-state index in [1.807, 2.05) is 12.1 Å². The molecule has 0 spiro atoms. The Morgan fingerprint density at radius 2 is 1.69 bits per heavy atom. The fraction of sp³-hybridized carbons (Fsp3) is 0.292. The number of aromatic nitrogens is 2. The van der Waals surface area contributed by atoms with Crippen molar-refractivity contribution in [3.8, 4) is 11.1 Å². The molecule has 0 aliphatic carbocycles. The van der Waals surface area contributed by atoms with Crippen LogP contribution in [0, 0.1) is 0 Å². The first-order valence-electron chi connectivity index (χ1n) is 10.4. The summed E-state index contributed by atoms with van der Waals surface area (Å²) in [5.74, 6) is -0.347. The molecule has 1 atom stereocenters. The van der Waals surface area contributed by atoms with Crippen LogP contribution in [0.4, 0.5) is 13.2 Å². The molecule has 1 saturated heterocycles. The number of benzene rings is 2. The summed E-state index contributed by atoms with van der Waals surface area (Å²) >= 11 is 0. The van der Waals surface area contributed by atoms with Gasteiger partial charge in [-0.2, -0.15) is 13.2 Å². The molecule has 1 unspecified atom stereocenters. The van der Waals surface area contributed by atoms with Crippen LogP contribution in [0.2, 0.25) is 0 Å². The number of nitrogens with zero attached hydrogens (tertiary/aromatic N) is 3. The maximum atomic E-state index is 12.7. The summed E-state index contributed by atoms with van der Waals surface area (Å²) in [5, 5.41) is 2.96. The van der Waals surface area contributed by atoms with E-state index < -0.39 is 11.7 Å². The molecule has 1 fully saturated rings. The maximum absolute atomic E-state index is 12.7. The Morgan fingerprint density at radius 3 is 2.34 bits per heavy atom. The summed E-state index contributed by atoms with van der Waals surface area (Å²) in [7, 11) is 0. The topological polar surface area (TPSA) is 58.1 Å². The summed E-state index contributed by atoms with van der Waals surface area (Å²) in [4.78, 5) is 22.9. The van der Waals surface area contributed by atoms with Crippen LogP contribution in [0.5, 0.6) is 0 Å². The van der Waals surface area contributed by atoms with Crippen molar-refractivity contribution < 1.29 is 18.0 Å². The second-order valence-electron chi connectivity index (χ2n) is 7.95. The van der Waals surface area contributed by atoms with Crippen molar-refractivity contribution in [3.63, 3.8) is 0 Å². The van der Waals surface area contributed by atoms with Gasteiger partial charge in [0.1, 0.15) is 6.33 Å². The lowest BCUT2D eigenvalue weighted by atomic mass is 10.0. The Balaban J connectivity index is 1.33. The highest BCUT2D eigenvalue weighted by molar-refractivity contribution is 5.94. The second kappa shape index (κ2) is 9.48. The highest BCUT2D eigenvalue weighted by Crippen LogP contribution is 2.29. The molecule has 0 bridgehead atoms. The van der Waals surface area contributed by atoms with E-state index in [1.165, 1.54) is 24.0 Å². The zero-order valence-electron chi connectivity index (χ0n) is 17.3. The molecule has 0 radical (unpaired) electrons. The largest absolute Gasteiger partial charge is 0.416 e. The number of hydrogen-bond acceptors (Lipinski definition) is 4. The second-order valence-corrected chi connectivity index (χ2v) is 7.95. The van der Waals surface area contributed by atoms with E-state index in [0.29, 0.717) is 6.54 Å². The third-order valence-electron chi connectivity index (χ3n) is 5.57. The number of piperidine rings is 1. The minimum absolute atomic E-state index is 0.0423. The molecule has 1 aromatic heterocycles. The average Bonchev–Trinajstić information content (AvgIpc) is 2.80. The highest BCUT2D eigenvalue weighted by Gasteiger charge is 2.30. The number of alkyl halides is 3. The van der Waals surface area contributed by atoms with Gasteiger partial charge in [-0.15, -0.1) is 0 Å². The van der Waals surface area contributed by atoms with Gasteiger partial charge in [-0.1, -0.05) is 24.3 Å². The molecule has 1 aliphatic rings. The van der Waals surface area contributed by atoms with Crippen molar-refractivity contribution in [2.24, 2.45) is 0 Å². The van der Waals surface area contributed by atoms with Crippen LogP contribution in [0.3, 0.4) is 0 Å². The van der Waals surface area contributed by atoms with Gasteiger partial charge < -0.3 is 5.32 Å². The Bertz CT molecular complexity index is 1040. The van der Waals surface area contributed by atoms with Crippen LogP contribution in [0.25, 0.3) is 11.1 Å². The van der Waals surface area contributed by atoms with Gasteiger partial charge in [0.25, 0.3) is 5.91 Å². The Labute approximate surface area is 184 Å². The minimum Gasteiger partial charge on any atom is -0.348 e. The van der Waals surface area contributed by atoms with Crippen molar-refractivity contribution >= 4 is 5.91 Å². The first kappa shape index (κ1) is 22.0. The van der Waals surface area contributed by atoms with Crippen LogP contribution < -0.4 is 5.32 Å². The van der Waals surface area contributed by atoms with Crippen molar-refractivity contribution in [1.82, 2.24) is 20.2 Å². The molecule has 0 saturated carbocycles. The van der Waals surface area contributed by atoms with E-state index >= 15 is 0 Å². The van der Waals surface area contributed by atoms with E-state index in [2.05, 4.69) is 32.3 Å². The van der Waals surface area contributed by atoms with Gasteiger partial charge in [0.15, 0.2) is 0 Å². The van der Waals surface area contributed by atoms with Gasteiger partial charge in [0.05, 0.1) is 5.56 Å². The lowest BCUT2D eigenvalue weighted by molar-refractivity contribution is -0.137. The molecule has 2 aromatic carbocycles. The zero-order valence-corrected chi connectivity index (χ0v) is 17.3.